The van der Waals surface area contributed by atoms with Crippen LogP contribution >= 0.6 is 15.9 Å². The fourth-order valence-electron chi connectivity index (χ4n) is 1.64. The monoisotopic (exact) mass is 324 g/mol. The molecule has 1 heterocycles. The summed E-state index contributed by atoms with van der Waals surface area (Å²) < 4.78 is 7.17. The van der Waals surface area contributed by atoms with Gasteiger partial charge in [0.25, 0.3) is 0 Å². The SMILES string of the molecule is CC(C)(C)OC(=O)n1nc(C=O)c2cc(Br)ccc21. The normalized spacial score (nSPS) is 11.6. The highest BCUT2D eigenvalue weighted by molar-refractivity contribution is 9.10. The van der Waals surface area contributed by atoms with Gasteiger partial charge in [0.15, 0.2) is 6.29 Å². The summed E-state index contributed by atoms with van der Waals surface area (Å²) in [6.45, 7) is 5.31. The maximum atomic E-state index is 12.0. The number of hydrogen-bond acceptors (Lipinski definition) is 4. The van der Waals surface area contributed by atoms with Crippen molar-refractivity contribution in [1.29, 1.82) is 0 Å². The van der Waals surface area contributed by atoms with Gasteiger partial charge in [0.1, 0.15) is 11.3 Å². The minimum atomic E-state index is -0.619. The lowest BCUT2D eigenvalue weighted by atomic mass is 10.2. The Morgan fingerprint density at radius 3 is 2.68 bits per heavy atom. The Hall–Kier alpha value is -1.69. The van der Waals surface area contributed by atoms with Gasteiger partial charge >= 0.3 is 6.09 Å². The summed E-state index contributed by atoms with van der Waals surface area (Å²) in [5.41, 5.74) is 0.133. The van der Waals surface area contributed by atoms with Gasteiger partial charge in [-0.25, -0.2) is 4.79 Å². The highest BCUT2D eigenvalue weighted by atomic mass is 79.9. The summed E-state index contributed by atoms with van der Waals surface area (Å²) in [5, 5.41) is 4.59. The minimum Gasteiger partial charge on any atom is -0.442 e. The molecule has 0 amide bonds. The molecule has 1 aromatic heterocycles. The van der Waals surface area contributed by atoms with Crippen molar-refractivity contribution in [3.8, 4) is 0 Å². The number of aldehydes is 1. The van der Waals surface area contributed by atoms with Gasteiger partial charge in [-0.2, -0.15) is 9.78 Å². The van der Waals surface area contributed by atoms with Gasteiger partial charge in [-0.1, -0.05) is 15.9 Å². The molecule has 0 atom stereocenters. The molecule has 2 aromatic rings. The molecule has 0 aliphatic heterocycles. The van der Waals surface area contributed by atoms with Crippen molar-refractivity contribution in [3.05, 3.63) is 28.4 Å². The first-order valence-corrected chi connectivity index (χ1v) is 6.48. The zero-order valence-electron chi connectivity index (χ0n) is 10.8. The first-order valence-electron chi connectivity index (χ1n) is 5.68. The van der Waals surface area contributed by atoms with Gasteiger partial charge in [-0.3, -0.25) is 4.79 Å². The van der Waals surface area contributed by atoms with Gasteiger partial charge in [0.05, 0.1) is 5.52 Å². The van der Waals surface area contributed by atoms with E-state index in [2.05, 4.69) is 21.0 Å². The van der Waals surface area contributed by atoms with Crippen LogP contribution in [0.25, 0.3) is 10.9 Å². The lowest BCUT2D eigenvalue weighted by Crippen LogP contribution is -2.27. The number of benzene rings is 1. The largest absolute Gasteiger partial charge is 0.442 e. The van der Waals surface area contributed by atoms with Crippen LogP contribution in [0.4, 0.5) is 4.79 Å². The zero-order chi connectivity index (χ0) is 14.2. The summed E-state index contributed by atoms with van der Waals surface area (Å²) in [6.07, 6.45) is 0.0169. The topological polar surface area (TPSA) is 61.2 Å². The Bertz CT molecular complexity index is 656. The van der Waals surface area contributed by atoms with Crippen molar-refractivity contribution in [2.24, 2.45) is 0 Å². The molecule has 2 rings (SSSR count). The Morgan fingerprint density at radius 2 is 2.11 bits per heavy atom. The molecule has 19 heavy (non-hydrogen) atoms. The Labute approximate surface area is 118 Å². The summed E-state index contributed by atoms with van der Waals surface area (Å²) in [6, 6.07) is 5.23. The Balaban J connectivity index is 2.55. The first kappa shape index (κ1) is 13.7. The van der Waals surface area contributed by atoms with Gasteiger partial charge in [-0.05, 0) is 39.0 Å². The molecule has 0 fully saturated rings. The molecule has 100 valence electrons. The number of hydrogen-bond donors (Lipinski definition) is 0. The third-order valence-corrected chi connectivity index (χ3v) is 2.84. The van der Waals surface area contributed by atoms with Gasteiger partial charge in [0.2, 0.25) is 0 Å². The minimum absolute atomic E-state index is 0.210. The third kappa shape index (κ3) is 2.84. The molecule has 0 radical (unpaired) electrons. The van der Waals surface area contributed by atoms with Crippen molar-refractivity contribution >= 4 is 39.2 Å². The van der Waals surface area contributed by atoms with Gasteiger partial charge in [-0.15, -0.1) is 0 Å². The quantitative estimate of drug-likeness (QED) is 0.754. The van der Waals surface area contributed by atoms with Gasteiger partial charge in [0, 0.05) is 9.86 Å². The van der Waals surface area contributed by atoms with Crippen molar-refractivity contribution in [3.63, 3.8) is 0 Å². The maximum Gasteiger partial charge on any atom is 0.435 e. The first-order chi connectivity index (χ1) is 8.81. The fraction of sp³-hybridized carbons (Fsp3) is 0.308. The van der Waals surface area contributed by atoms with Crippen molar-refractivity contribution in [1.82, 2.24) is 9.78 Å². The predicted octanol–water partition coefficient (Wildman–Crippen LogP) is 3.39. The number of aromatic nitrogens is 2. The van der Waals surface area contributed by atoms with Crippen LogP contribution in [0.2, 0.25) is 0 Å². The van der Waals surface area contributed by atoms with E-state index in [9.17, 15) is 9.59 Å². The van der Waals surface area contributed by atoms with E-state index < -0.39 is 11.7 Å². The summed E-state index contributed by atoms with van der Waals surface area (Å²) in [7, 11) is 0. The lowest BCUT2D eigenvalue weighted by Gasteiger charge is -2.19. The number of ether oxygens (including phenoxy) is 1. The van der Waals surface area contributed by atoms with Crippen LogP contribution < -0.4 is 0 Å². The van der Waals surface area contributed by atoms with Crippen LogP contribution in [0.15, 0.2) is 22.7 Å². The van der Waals surface area contributed by atoms with Crippen LogP contribution in [0.5, 0.6) is 0 Å². The van der Waals surface area contributed by atoms with Crippen LogP contribution in [-0.4, -0.2) is 27.8 Å². The van der Waals surface area contributed by atoms with E-state index in [1.165, 1.54) is 0 Å². The highest BCUT2D eigenvalue weighted by Gasteiger charge is 2.21. The second-order valence-electron chi connectivity index (χ2n) is 5.06. The summed E-state index contributed by atoms with van der Waals surface area (Å²) >= 11 is 3.32. The molecule has 0 saturated carbocycles. The van der Waals surface area contributed by atoms with E-state index in [1.54, 1.807) is 39.0 Å². The van der Waals surface area contributed by atoms with E-state index in [1.807, 2.05) is 0 Å². The van der Waals surface area contributed by atoms with E-state index in [4.69, 9.17) is 4.74 Å². The number of rotatable bonds is 1. The average Bonchev–Trinajstić information content (AvgIpc) is 2.64. The maximum absolute atomic E-state index is 12.0. The van der Waals surface area contributed by atoms with Crippen LogP contribution in [0, 0.1) is 0 Å². The Kier molecular flexibility index (Phi) is 3.45. The van der Waals surface area contributed by atoms with E-state index in [0.29, 0.717) is 17.2 Å². The van der Waals surface area contributed by atoms with Crippen LogP contribution in [0.1, 0.15) is 31.3 Å². The second kappa shape index (κ2) is 4.77. The molecule has 1 aromatic carbocycles. The van der Waals surface area contributed by atoms with E-state index in [-0.39, 0.29) is 5.69 Å². The number of halogens is 1. The van der Waals surface area contributed by atoms with Crippen molar-refractivity contribution in [2.75, 3.05) is 0 Å². The van der Waals surface area contributed by atoms with Crippen LogP contribution in [0.3, 0.4) is 0 Å². The average molecular weight is 325 g/mol. The molecule has 0 spiro atoms. The highest BCUT2D eigenvalue weighted by Crippen LogP contribution is 2.23. The third-order valence-electron chi connectivity index (χ3n) is 2.35. The molecule has 0 bridgehead atoms. The fourth-order valence-corrected chi connectivity index (χ4v) is 2.01. The standard InChI is InChI=1S/C13H13BrN2O3/c1-13(2,3)19-12(18)16-11-5-4-8(14)6-9(11)10(7-17)15-16/h4-7H,1-3H3. The van der Waals surface area contributed by atoms with Crippen molar-refractivity contribution < 1.29 is 14.3 Å². The molecule has 0 saturated heterocycles. The smallest absolute Gasteiger partial charge is 0.435 e. The molecule has 6 heteroatoms. The predicted molar refractivity (Wildman–Crippen MR) is 74.5 cm³/mol. The van der Waals surface area contributed by atoms with E-state index >= 15 is 0 Å². The number of carbonyl (C=O) groups excluding carboxylic acids is 2. The Morgan fingerprint density at radius 1 is 1.42 bits per heavy atom. The van der Waals surface area contributed by atoms with Crippen molar-refractivity contribution in [2.45, 2.75) is 26.4 Å². The molecular weight excluding hydrogens is 312 g/mol. The van der Waals surface area contributed by atoms with Gasteiger partial charge < -0.3 is 4.74 Å². The molecule has 0 aliphatic rings. The summed E-state index contributed by atoms with van der Waals surface area (Å²) in [5.74, 6) is 0. The molecule has 5 nitrogen and oxygen atoms in total. The number of nitrogens with zero attached hydrogens (tertiary/aromatic N) is 2. The number of carbonyl (C=O) groups is 2. The zero-order valence-corrected chi connectivity index (χ0v) is 12.4. The lowest BCUT2D eigenvalue weighted by molar-refractivity contribution is 0.0522. The van der Waals surface area contributed by atoms with Crippen LogP contribution in [-0.2, 0) is 4.74 Å². The number of fused-ring (bicyclic) bond motifs is 1. The molecular formula is C13H13BrN2O3. The molecule has 0 unspecified atom stereocenters. The molecule has 0 N–H and O–H groups in total. The molecule has 0 aliphatic carbocycles. The summed E-state index contributed by atoms with van der Waals surface area (Å²) in [4.78, 5) is 23.0. The van der Waals surface area contributed by atoms with E-state index in [0.717, 1.165) is 9.15 Å². The second-order valence-corrected chi connectivity index (χ2v) is 5.97.